The normalized spacial score (nSPS) is 11.5. The van der Waals surface area contributed by atoms with Crippen molar-refractivity contribution < 1.29 is 22.3 Å². The van der Waals surface area contributed by atoms with Crippen molar-refractivity contribution in [2.75, 3.05) is 26.7 Å². The molecule has 0 aliphatic carbocycles. The average molecular weight is 386 g/mol. The molecule has 1 aromatic carbocycles. The Hall–Kier alpha value is -1.97. The van der Waals surface area contributed by atoms with E-state index in [9.17, 15) is 17.6 Å². The van der Waals surface area contributed by atoms with Crippen molar-refractivity contribution in [1.29, 1.82) is 0 Å². The van der Waals surface area contributed by atoms with Crippen LogP contribution in [0.25, 0.3) is 0 Å². The molecule has 0 aliphatic heterocycles. The summed E-state index contributed by atoms with van der Waals surface area (Å²) in [4.78, 5) is 11.8. The predicted molar refractivity (Wildman–Crippen MR) is 93.7 cm³/mol. The molecule has 136 valence electrons. The van der Waals surface area contributed by atoms with Gasteiger partial charge in [0.15, 0.2) is 11.6 Å². The lowest BCUT2D eigenvalue weighted by atomic mass is 10.3. The van der Waals surface area contributed by atoms with Gasteiger partial charge in [0.25, 0.3) is 10.0 Å². The fourth-order valence-corrected chi connectivity index (χ4v) is 4.28. The lowest BCUT2D eigenvalue weighted by molar-refractivity contribution is -0.121. The summed E-state index contributed by atoms with van der Waals surface area (Å²) in [7, 11) is -2.29. The maximum absolute atomic E-state index is 13.3. The van der Waals surface area contributed by atoms with Crippen molar-refractivity contribution in [3.63, 3.8) is 0 Å². The van der Waals surface area contributed by atoms with Crippen molar-refractivity contribution in [2.24, 2.45) is 0 Å². The maximum atomic E-state index is 13.3. The second-order valence-electron chi connectivity index (χ2n) is 5.18. The standard InChI is InChI=1S/C16H19FN2O4S2/c1-19(25(21,22)16-8-4-11-24-16)12-15(20)18-9-5-10-23-14-7-3-2-6-13(14)17/h2-4,6-8,11H,5,9-10,12H2,1H3,(H,18,20). The van der Waals surface area contributed by atoms with Gasteiger partial charge >= 0.3 is 0 Å². The van der Waals surface area contributed by atoms with Gasteiger partial charge < -0.3 is 10.1 Å². The van der Waals surface area contributed by atoms with Gasteiger partial charge in [-0.15, -0.1) is 11.3 Å². The molecule has 1 amide bonds. The largest absolute Gasteiger partial charge is 0.490 e. The molecular weight excluding hydrogens is 367 g/mol. The molecule has 2 aromatic rings. The third-order valence-electron chi connectivity index (χ3n) is 3.26. The molecule has 9 heteroatoms. The van der Waals surface area contributed by atoms with Crippen LogP contribution in [0, 0.1) is 5.82 Å². The lowest BCUT2D eigenvalue weighted by Gasteiger charge is -2.15. The van der Waals surface area contributed by atoms with E-state index >= 15 is 0 Å². The molecule has 2 rings (SSSR count). The van der Waals surface area contributed by atoms with Gasteiger partial charge in [-0.05, 0) is 30.0 Å². The zero-order chi connectivity index (χ0) is 18.3. The number of halogens is 1. The first-order valence-corrected chi connectivity index (χ1v) is 9.87. The molecule has 0 saturated carbocycles. The summed E-state index contributed by atoms with van der Waals surface area (Å²) in [6.45, 7) is 0.277. The van der Waals surface area contributed by atoms with Gasteiger partial charge in [-0.2, -0.15) is 4.31 Å². The number of nitrogens with zero attached hydrogens (tertiary/aromatic N) is 1. The number of benzene rings is 1. The van der Waals surface area contributed by atoms with E-state index in [0.29, 0.717) is 13.0 Å². The molecule has 0 bridgehead atoms. The molecule has 0 saturated heterocycles. The third-order valence-corrected chi connectivity index (χ3v) is 6.44. The highest BCUT2D eigenvalue weighted by Crippen LogP contribution is 2.19. The smallest absolute Gasteiger partial charge is 0.252 e. The summed E-state index contributed by atoms with van der Waals surface area (Å²) in [6, 6.07) is 9.21. The molecule has 0 aliphatic rings. The number of sulfonamides is 1. The highest BCUT2D eigenvalue weighted by Gasteiger charge is 2.23. The molecule has 0 unspecified atom stereocenters. The zero-order valence-electron chi connectivity index (χ0n) is 13.6. The molecule has 25 heavy (non-hydrogen) atoms. The van der Waals surface area contributed by atoms with Crippen molar-refractivity contribution in [1.82, 2.24) is 9.62 Å². The molecule has 1 N–H and O–H groups in total. The Bertz CT molecular complexity index is 794. The summed E-state index contributed by atoms with van der Waals surface area (Å²) in [5.41, 5.74) is 0. The molecule has 0 radical (unpaired) electrons. The first-order valence-electron chi connectivity index (χ1n) is 7.55. The van der Waals surface area contributed by atoms with Gasteiger partial charge in [0, 0.05) is 13.6 Å². The molecule has 0 spiro atoms. The number of thiophene rings is 1. The Morgan fingerprint density at radius 2 is 2.04 bits per heavy atom. The Morgan fingerprint density at radius 1 is 1.28 bits per heavy atom. The fourth-order valence-electron chi connectivity index (χ4n) is 1.95. The van der Waals surface area contributed by atoms with E-state index in [1.807, 2.05) is 0 Å². The zero-order valence-corrected chi connectivity index (χ0v) is 15.3. The van der Waals surface area contributed by atoms with E-state index in [-0.39, 0.29) is 23.1 Å². The van der Waals surface area contributed by atoms with Gasteiger partial charge in [0.2, 0.25) is 5.91 Å². The fraction of sp³-hybridized carbons (Fsp3) is 0.312. The summed E-state index contributed by atoms with van der Waals surface area (Å²) < 4.78 is 44.2. The van der Waals surface area contributed by atoms with Crippen LogP contribution in [0.1, 0.15) is 6.42 Å². The van der Waals surface area contributed by atoms with Crippen molar-refractivity contribution in [3.8, 4) is 5.75 Å². The van der Waals surface area contributed by atoms with E-state index in [1.165, 1.54) is 25.2 Å². The Balaban J connectivity index is 1.70. The van der Waals surface area contributed by atoms with Gasteiger partial charge in [0.05, 0.1) is 13.2 Å². The first-order chi connectivity index (χ1) is 11.9. The number of likely N-dealkylation sites (N-methyl/N-ethyl adjacent to an activating group) is 1. The van der Waals surface area contributed by atoms with Gasteiger partial charge in [-0.3, -0.25) is 4.79 Å². The third kappa shape index (κ3) is 5.52. The van der Waals surface area contributed by atoms with Gasteiger partial charge in [-0.1, -0.05) is 18.2 Å². The van der Waals surface area contributed by atoms with E-state index in [0.717, 1.165) is 15.6 Å². The minimum Gasteiger partial charge on any atom is -0.490 e. The van der Waals surface area contributed by atoms with E-state index in [1.54, 1.807) is 23.6 Å². The number of rotatable bonds is 9. The first kappa shape index (κ1) is 19.4. The molecule has 0 fully saturated rings. The van der Waals surface area contributed by atoms with Gasteiger partial charge in [0.1, 0.15) is 4.21 Å². The summed E-state index contributed by atoms with van der Waals surface area (Å²) in [5, 5.41) is 4.28. The van der Waals surface area contributed by atoms with Crippen molar-refractivity contribution >= 4 is 27.3 Å². The van der Waals surface area contributed by atoms with Crippen LogP contribution in [-0.2, 0) is 14.8 Å². The minimum absolute atomic E-state index is 0.163. The lowest BCUT2D eigenvalue weighted by Crippen LogP contribution is -2.38. The van der Waals surface area contributed by atoms with Crippen LogP contribution in [0.2, 0.25) is 0 Å². The molecule has 6 nitrogen and oxygen atoms in total. The molecule has 1 heterocycles. The number of amides is 1. The number of hydrogen-bond acceptors (Lipinski definition) is 5. The monoisotopic (exact) mass is 386 g/mol. The quantitative estimate of drug-likeness (QED) is 0.670. The minimum atomic E-state index is -3.64. The molecule has 1 aromatic heterocycles. The van der Waals surface area contributed by atoms with Crippen LogP contribution in [-0.4, -0.2) is 45.4 Å². The van der Waals surface area contributed by atoms with Crippen LogP contribution in [0.3, 0.4) is 0 Å². The summed E-state index contributed by atoms with van der Waals surface area (Å²) in [6.07, 6.45) is 0.474. The second-order valence-corrected chi connectivity index (χ2v) is 8.39. The second kappa shape index (κ2) is 8.93. The molecule has 0 atom stereocenters. The Kier molecular flexibility index (Phi) is 6.91. The number of carbonyl (C=O) groups is 1. The van der Waals surface area contributed by atoms with Crippen molar-refractivity contribution in [3.05, 3.63) is 47.6 Å². The Morgan fingerprint density at radius 3 is 2.72 bits per heavy atom. The van der Waals surface area contributed by atoms with Crippen LogP contribution in [0.4, 0.5) is 4.39 Å². The SMILES string of the molecule is CN(CC(=O)NCCCOc1ccccc1F)S(=O)(=O)c1cccs1. The topological polar surface area (TPSA) is 75.7 Å². The van der Waals surface area contributed by atoms with E-state index in [2.05, 4.69) is 5.32 Å². The Labute approximate surface area is 150 Å². The predicted octanol–water partition coefficient (Wildman–Crippen LogP) is 2.09. The van der Waals surface area contributed by atoms with E-state index < -0.39 is 21.7 Å². The average Bonchev–Trinajstić information content (AvgIpc) is 3.11. The highest BCUT2D eigenvalue weighted by atomic mass is 32.2. The van der Waals surface area contributed by atoms with Crippen LogP contribution in [0.5, 0.6) is 5.75 Å². The van der Waals surface area contributed by atoms with E-state index in [4.69, 9.17) is 4.74 Å². The molecular formula is C16H19FN2O4S2. The number of para-hydroxylation sites is 1. The number of ether oxygens (including phenoxy) is 1. The summed E-state index contributed by atoms with van der Waals surface area (Å²) >= 11 is 1.10. The highest BCUT2D eigenvalue weighted by molar-refractivity contribution is 7.91. The van der Waals surface area contributed by atoms with Crippen LogP contribution >= 0.6 is 11.3 Å². The summed E-state index contributed by atoms with van der Waals surface area (Å²) in [5.74, 6) is -0.684. The maximum Gasteiger partial charge on any atom is 0.252 e. The van der Waals surface area contributed by atoms with Crippen LogP contribution in [0.15, 0.2) is 46.0 Å². The van der Waals surface area contributed by atoms with Gasteiger partial charge in [-0.25, -0.2) is 12.8 Å². The number of hydrogen-bond donors (Lipinski definition) is 1. The number of nitrogens with one attached hydrogen (secondary N) is 1. The van der Waals surface area contributed by atoms with Crippen LogP contribution < -0.4 is 10.1 Å². The number of carbonyl (C=O) groups excluding carboxylic acids is 1. The van der Waals surface area contributed by atoms with Crippen molar-refractivity contribution in [2.45, 2.75) is 10.6 Å².